The van der Waals surface area contributed by atoms with Crippen LogP contribution in [0.25, 0.3) is 0 Å². The van der Waals surface area contributed by atoms with Crippen LogP contribution in [0.4, 0.5) is 0 Å². The molecule has 1 aromatic heterocycles. The first kappa shape index (κ1) is 15.2. The lowest BCUT2D eigenvalue weighted by Gasteiger charge is -2.05. The van der Waals surface area contributed by atoms with Gasteiger partial charge in [-0.2, -0.15) is 0 Å². The Morgan fingerprint density at radius 3 is 2.76 bits per heavy atom. The van der Waals surface area contributed by atoms with E-state index in [1.807, 2.05) is 12.3 Å². The second-order valence-corrected chi connectivity index (χ2v) is 5.50. The lowest BCUT2D eigenvalue weighted by molar-refractivity contribution is 0.0600. The van der Waals surface area contributed by atoms with E-state index >= 15 is 0 Å². The summed E-state index contributed by atoms with van der Waals surface area (Å²) in [5.74, 6) is -0.671. The molecule has 5 nitrogen and oxygen atoms in total. The number of hydrogen-bond donors (Lipinski definition) is 1. The van der Waals surface area contributed by atoms with Crippen LogP contribution < -0.4 is 5.32 Å². The second-order valence-electron chi connectivity index (χ2n) is 4.44. The summed E-state index contributed by atoms with van der Waals surface area (Å²) < 4.78 is 4.63. The van der Waals surface area contributed by atoms with Crippen LogP contribution in [0.5, 0.6) is 0 Å². The number of carbonyl (C=O) groups excluding carboxylic acids is 2. The van der Waals surface area contributed by atoms with Crippen molar-refractivity contribution in [3.8, 4) is 0 Å². The smallest absolute Gasteiger partial charge is 0.337 e. The van der Waals surface area contributed by atoms with Gasteiger partial charge in [0.15, 0.2) is 0 Å². The Kier molecular flexibility index (Phi) is 5.05. The van der Waals surface area contributed by atoms with Crippen LogP contribution >= 0.6 is 11.3 Å². The third kappa shape index (κ3) is 4.13. The van der Waals surface area contributed by atoms with Crippen molar-refractivity contribution >= 4 is 23.2 Å². The molecule has 0 saturated heterocycles. The van der Waals surface area contributed by atoms with E-state index in [1.54, 1.807) is 29.5 Å². The summed E-state index contributed by atoms with van der Waals surface area (Å²) in [6, 6.07) is 6.45. The highest BCUT2D eigenvalue weighted by molar-refractivity contribution is 7.09. The number of nitrogens with zero attached hydrogens (tertiary/aromatic N) is 1. The van der Waals surface area contributed by atoms with Gasteiger partial charge in [-0.1, -0.05) is 6.07 Å². The fourth-order valence-electron chi connectivity index (χ4n) is 1.83. The number of rotatable bonds is 5. The summed E-state index contributed by atoms with van der Waals surface area (Å²) in [5, 5.41) is 5.82. The monoisotopic (exact) mass is 304 g/mol. The molecule has 2 aromatic rings. The van der Waals surface area contributed by atoms with Crippen LogP contribution in [0.2, 0.25) is 0 Å². The van der Waals surface area contributed by atoms with E-state index in [1.165, 1.54) is 13.2 Å². The van der Waals surface area contributed by atoms with Crippen LogP contribution in [0.3, 0.4) is 0 Å². The van der Waals surface area contributed by atoms with Gasteiger partial charge in [0.2, 0.25) is 0 Å². The average Bonchev–Trinajstić information content (AvgIpc) is 2.92. The molecule has 0 fully saturated rings. The number of hydrogen-bond acceptors (Lipinski definition) is 5. The van der Waals surface area contributed by atoms with Crippen molar-refractivity contribution in [2.24, 2.45) is 0 Å². The van der Waals surface area contributed by atoms with Gasteiger partial charge in [0, 0.05) is 23.9 Å². The van der Waals surface area contributed by atoms with E-state index in [4.69, 9.17) is 0 Å². The summed E-state index contributed by atoms with van der Waals surface area (Å²) in [7, 11) is 1.31. The minimum absolute atomic E-state index is 0.215. The standard InChI is InChI=1S/C15H16N2O3S/c1-10-17-13(9-21-10)6-7-16-14(18)11-4-3-5-12(8-11)15(19)20-2/h3-5,8-9H,6-7H2,1-2H3,(H,16,18). The summed E-state index contributed by atoms with van der Waals surface area (Å²) >= 11 is 1.59. The zero-order valence-corrected chi connectivity index (χ0v) is 12.7. The molecule has 1 N–H and O–H groups in total. The second kappa shape index (κ2) is 6.99. The van der Waals surface area contributed by atoms with Gasteiger partial charge in [-0.3, -0.25) is 4.79 Å². The molecular weight excluding hydrogens is 288 g/mol. The minimum Gasteiger partial charge on any atom is -0.465 e. The number of esters is 1. The molecule has 0 saturated carbocycles. The molecule has 6 heteroatoms. The van der Waals surface area contributed by atoms with Gasteiger partial charge in [-0.15, -0.1) is 11.3 Å². The number of nitrogens with one attached hydrogen (secondary N) is 1. The van der Waals surface area contributed by atoms with E-state index in [0.29, 0.717) is 24.1 Å². The highest BCUT2D eigenvalue weighted by Gasteiger charge is 2.10. The molecule has 0 radical (unpaired) electrons. The Balaban J connectivity index is 1.92. The van der Waals surface area contributed by atoms with Gasteiger partial charge in [0.05, 0.1) is 23.4 Å². The molecule has 1 heterocycles. The Morgan fingerprint density at radius 2 is 2.10 bits per heavy atom. The van der Waals surface area contributed by atoms with Crippen molar-refractivity contribution in [3.63, 3.8) is 0 Å². The van der Waals surface area contributed by atoms with Crippen molar-refractivity contribution < 1.29 is 14.3 Å². The molecule has 1 aromatic carbocycles. The molecule has 0 bridgehead atoms. The van der Waals surface area contributed by atoms with E-state index in [2.05, 4.69) is 15.0 Å². The van der Waals surface area contributed by atoms with Gasteiger partial charge in [-0.05, 0) is 25.1 Å². The average molecular weight is 304 g/mol. The van der Waals surface area contributed by atoms with Crippen LogP contribution in [-0.2, 0) is 11.2 Å². The summed E-state index contributed by atoms with van der Waals surface area (Å²) in [6.07, 6.45) is 0.687. The number of amides is 1. The molecule has 0 spiro atoms. The van der Waals surface area contributed by atoms with Crippen molar-refractivity contribution in [2.75, 3.05) is 13.7 Å². The fraction of sp³-hybridized carbons (Fsp3) is 0.267. The van der Waals surface area contributed by atoms with Crippen molar-refractivity contribution in [1.82, 2.24) is 10.3 Å². The zero-order valence-electron chi connectivity index (χ0n) is 11.9. The quantitative estimate of drug-likeness (QED) is 0.860. The summed E-state index contributed by atoms with van der Waals surface area (Å²) in [6.45, 7) is 2.45. The topological polar surface area (TPSA) is 68.3 Å². The maximum atomic E-state index is 12.0. The molecule has 110 valence electrons. The molecule has 2 rings (SSSR count). The molecule has 1 amide bonds. The van der Waals surface area contributed by atoms with Gasteiger partial charge in [0.1, 0.15) is 0 Å². The summed E-state index contributed by atoms with van der Waals surface area (Å²) in [4.78, 5) is 27.8. The molecule has 0 aliphatic heterocycles. The molecule has 0 aliphatic carbocycles. The predicted molar refractivity (Wildman–Crippen MR) is 80.7 cm³/mol. The highest BCUT2D eigenvalue weighted by atomic mass is 32.1. The highest BCUT2D eigenvalue weighted by Crippen LogP contribution is 2.09. The van der Waals surface area contributed by atoms with Crippen LogP contribution in [-0.4, -0.2) is 30.5 Å². The Morgan fingerprint density at radius 1 is 1.33 bits per heavy atom. The Hall–Kier alpha value is -2.21. The van der Waals surface area contributed by atoms with Gasteiger partial charge in [-0.25, -0.2) is 9.78 Å². The molecule has 0 unspecified atom stereocenters. The summed E-state index contributed by atoms with van der Waals surface area (Å²) in [5.41, 5.74) is 1.77. The number of aryl methyl sites for hydroxylation is 1. The number of benzene rings is 1. The number of methoxy groups -OCH3 is 1. The van der Waals surface area contributed by atoms with Crippen molar-refractivity contribution in [2.45, 2.75) is 13.3 Å². The molecule has 21 heavy (non-hydrogen) atoms. The van der Waals surface area contributed by atoms with Gasteiger partial charge in [0.25, 0.3) is 5.91 Å². The lowest BCUT2D eigenvalue weighted by atomic mass is 10.1. The largest absolute Gasteiger partial charge is 0.465 e. The third-order valence-corrected chi connectivity index (χ3v) is 3.70. The van der Waals surface area contributed by atoms with Crippen molar-refractivity contribution in [3.05, 3.63) is 51.5 Å². The van der Waals surface area contributed by atoms with Gasteiger partial charge >= 0.3 is 5.97 Å². The van der Waals surface area contributed by atoms with Crippen LogP contribution in [0.1, 0.15) is 31.4 Å². The van der Waals surface area contributed by atoms with E-state index < -0.39 is 5.97 Å². The minimum atomic E-state index is -0.456. The van der Waals surface area contributed by atoms with Crippen LogP contribution in [0, 0.1) is 6.92 Å². The lowest BCUT2D eigenvalue weighted by Crippen LogP contribution is -2.26. The van der Waals surface area contributed by atoms with E-state index in [0.717, 1.165) is 10.7 Å². The Bertz CT molecular complexity index is 652. The van der Waals surface area contributed by atoms with E-state index in [-0.39, 0.29) is 5.91 Å². The predicted octanol–water partition coefficient (Wildman–Crippen LogP) is 2.21. The number of carbonyl (C=O) groups is 2. The first-order chi connectivity index (χ1) is 10.1. The number of thiazole rings is 1. The number of ether oxygens (including phenoxy) is 1. The molecule has 0 atom stereocenters. The van der Waals surface area contributed by atoms with Crippen LogP contribution in [0.15, 0.2) is 29.6 Å². The first-order valence-corrected chi connectivity index (χ1v) is 7.35. The Labute approximate surface area is 127 Å². The zero-order chi connectivity index (χ0) is 15.2. The van der Waals surface area contributed by atoms with E-state index in [9.17, 15) is 9.59 Å². The molecular formula is C15H16N2O3S. The van der Waals surface area contributed by atoms with Gasteiger partial charge < -0.3 is 10.1 Å². The first-order valence-electron chi connectivity index (χ1n) is 6.47. The fourth-order valence-corrected chi connectivity index (χ4v) is 2.48. The SMILES string of the molecule is COC(=O)c1cccc(C(=O)NCCc2csc(C)n2)c1. The number of aromatic nitrogens is 1. The normalized spacial score (nSPS) is 10.2. The van der Waals surface area contributed by atoms with Crippen molar-refractivity contribution in [1.29, 1.82) is 0 Å². The molecule has 0 aliphatic rings. The maximum Gasteiger partial charge on any atom is 0.337 e. The third-order valence-electron chi connectivity index (χ3n) is 2.88. The maximum absolute atomic E-state index is 12.0.